The van der Waals surface area contributed by atoms with Crippen molar-refractivity contribution < 1.29 is 14.4 Å². The van der Waals surface area contributed by atoms with Gasteiger partial charge >= 0.3 is 5.97 Å². The fourth-order valence-electron chi connectivity index (χ4n) is 0.877. The lowest BCUT2D eigenvalue weighted by Gasteiger charge is -2.03. The molecule has 0 bridgehead atoms. The number of rotatable bonds is 3. The predicted molar refractivity (Wildman–Crippen MR) is 46.9 cm³/mol. The molecule has 0 radical (unpaired) electrons. The average Bonchev–Trinajstić information content (AvgIpc) is 2.18. The first-order valence-corrected chi connectivity index (χ1v) is 3.57. The molecule has 0 unspecified atom stereocenters. The van der Waals surface area contributed by atoms with Crippen molar-refractivity contribution in [3.05, 3.63) is 42.7 Å². The summed E-state index contributed by atoms with van der Waals surface area (Å²) in [5.74, 6) is 4.68. The molecule has 0 atom stereocenters. The van der Waals surface area contributed by atoms with Gasteiger partial charge in [-0.15, -0.1) is 0 Å². The van der Waals surface area contributed by atoms with Crippen molar-refractivity contribution in [2.45, 2.75) is 0 Å². The van der Waals surface area contributed by atoms with Crippen molar-refractivity contribution in [2.75, 3.05) is 0 Å². The first-order valence-electron chi connectivity index (χ1n) is 3.57. The van der Waals surface area contributed by atoms with E-state index in [1.165, 1.54) is 0 Å². The first-order chi connectivity index (χ1) is 6.29. The van der Waals surface area contributed by atoms with Gasteiger partial charge in [0.15, 0.2) is 5.75 Å². The highest BCUT2D eigenvalue weighted by atomic mass is 16.6. The Labute approximate surface area is 75.5 Å². The smallest absolute Gasteiger partial charge is 0.346 e. The van der Waals surface area contributed by atoms with Gasteiger partial charge in [0.25, 0.3) is 0 Å². The Bertz CT molecular complexity index is 322. The molecule has 0 spiro atoms. The Hall–Kier alpha value is -1.81. The zero-order chi connectivity index (χ0) is 9.68. The van der Waals surface area contributed by atoms with Crippen molar-refractivity contribution in [1.29, 1.82) is 0 Å². The molecule has 0 heterocycles. The molecule has 0 fully saturated rings. The summed E-state index contributed by atoms with van der Waals surface area (Å²) in [6.45, 7) is 3.27. The molecular formula is C9H9NO3. The van der Waals surface area contributed by atoms with Crippen LogP contribution < -0.4 is 10.7 Å². The number of ether oxygens (including phenoxy) is 1. The fraction of sp³-hybridized carbons (Fsp3) is 0. The van der Waals surface area contributed by atoms with E-state index in [9.17, 15) is 4.79 Å². The fourth-order valence-corrected chi connectivity index (χ4v) is 0.877. The van der Waals surface area contributed by atoms with Crippen LogP contribution >= 0.6 is 0 Å². The third kappa shape index (κ3) is 2.07. The second-order valence-corrected chi connectivity index (χ2v) is 2.19. The second kappa shape index (κ2) is 4.27. The van der Waals surface area contributed by atoms with Gasteiger partial charge in [0.1, 0.15) is 5.56 Å². The number of esters is 1. The second-order valence-electron chi connectivity index (χ2n) is 2.19. The van der Waals surface area contributed by atoms with Crippen LogP contribution in [0, 0.1) is 0 Å². The summed E-state index contributed by atoms with van der Waals surface area (Å²) in [5, 5.41) is 0. The largest absolute Gasteiger partial charge is 0.431 e. The number of para-hydroxylation sites is 1. The molecule has 0 aromatic heterocycles. The van der Waals surface area contributed by atoms with E-state index in [-0.39, 0.29) is 11.3 Å². The maximum absolute atomic E-state index is 11.2. The molecule has 0 aliphatic rings. The van der Waals surface area contributed by atoms with Crippen LogP contribution in [0.15, 0.2) is 37.1 Å². The number of hydrogen-bond acceptors (Lipinski definition) is 4. The number of nitrogens with two attached hydrogens (primary N) is 1. The summed E-state index contributed by atoms with van der Waals surface area (Å²) in [7, 11) is 0. The monoisotopic (exact) mass is 179 g/mol. The summed E-state index contributed by atoms with van der Waals surface area (Å²) < 4.78 is 4.56. The minimum atomic E-state index is -0.545. The summed E-state index contributed by atoms with van der Waals surface area (Å²) in [6.07, 6.45) is 1.05. The molecule has 0 aliphatic carbocycles. The minimum absolute atomic E-state index is 0.268. The van der Waals surface area contributed by atoms with Gasteiger partial charge in [-0.3, -0.25) is 0 Å². The van der Waals surface area contributed by atoms with Crippen LogP contribution in [0.1, 0.15) is 10.4 Å². The molecular weight excluding hydrogens is 170 g/mol. The van der Waals surface area contributed by atoms with Gasteiger partial charge in [0.05, 0.1) is 6.26 Å². The molecule has 0 saturated carbocycles. The number of benzene rings is 1. The Morgan fingerprint density at radius 1 is 1.46 bits per heavy atom. The molecule has 0 aliphatic heterocycles. The normalized spacial score (nSPS) is 9.00. The van der Waals surface area contributed by atoms with E-state index in [2.05, 4.69) is 16.2 Å². The number of hydrogen-bond donors (Lipinski definition) is 1. The van der Waals surface area contributed by atoms with E-state index < -0.39 is 5.97 Å². The molecule has 1 aromatic carbocycles. The molecule has 68 valence electrons. The van der Waals surface area contributed by atoms with E-state index in [1.807, 2.05) is 0 Å². The molecule has 4 nitrogen and oxygen atoms in total. The van der Waals surface area contributed by atoms with Crippen molar-refractivity contribution >= 4 is 5.97 Å². The molecule has 1 aromatic rings. The van der Waals surface area contributed by atoms with E-state index >= 15 is 0 Å². The van der Waals surface area contributed by atoms with Crippen LogP contribution in [0.3, 0.4) is 0 Å². The average molecular weight is 179 g/mol. The number of carbonyl (C=O) groups excluding carboxylic acids is 1. The standard InChI is InChI=1S/C9H9NO3/c1-2-12-9(11)7-5-3-4-6-8(7)13-10/h2-6H,1,10H2. The van der Waals surface area contributed by atoms with E-state index in [1.54, 1.807) is 24.3 Å². The van der Waals surface area contributed by atoms with Crippen LogP contribution in [0.5, 0.6) is 5.75 Å². The van der Waals surface area contributed by atoms with E-state index in [0.29, 0.717) is 0 Å². The lowest BCUT2D eigenvalue weighted by molar-refractivity contribution is 0.0659. The maximum atomic E-state index is 11.2. The molecule has 0 saturated heterocycles. The van der Waals surface area contributed by atoms with Crippen molar-refractivity contribution in [3.63, 3.8) is 0 Å². The van der Waals surface area contributed by atoms with Crippen molar-refractivity contribution in [3.8, 4) is 5.75 Å². The number of carbonyl (C=O) groups is 1. The van der Waals surface area contributed by atoms with Crippen LogP contribution in [0.25, 0.3) is 0 Å². The van der Waals surface area contributed by atoms with Crippen molar-refractivity contribution in [1.82, 2.24) is 0 Å². The minimum Gasteiger partial charge on any atom is -0.431 e. The van der Waals surface area contributed by atoms with Gasteiger partial charge in [-0.1, -0.05) is 18.7 Å². The zero-order valence-corrected chi connectivity index (χ0v) is 6.90. The molecule has 4 heteroatoms. The summed E-state index contributed by atoms with van der Waals surface area (Å²) in [6, 6.07) is 6.50. The quantitative estimate of drug-likeness (QED) is 0.430. The van der Waals surface area contributed by atoms with Gasteiger partial charge < -0.3 is 9.57 Å². The first kappa shape index (κ1) is 9.28. The Morgan fingerprint density at radius 2 is 2.15 bits per heavy atom. The van der Waals surface area contributed by atoms with Crippen LogP contribution in [0.4, 0.5) is 0 Å². The van der Waals surface area contributed by atoms with Gasteiger partial charge in [-0.05, 0) is 12.1 Å². The highest BCUT2D eigenvalue weighted by Crippen LogP contribution is 2.17. The van der Waals surface area contributed by atoms with Crippen molar-refractivity contribution in [2.24, 2.45) is 5.90 Å². The highest BCUT2D eigenvalue weighted by molar-refractivity contribution is 5.92. The summed E-state index contributed by atoms with van der Waals surface area (Å²) in [5.41, 5.74) is 0.268. The maximum Gasteiger partial charge on any atom is 0.346 e. The summed E-state index contributed by atoms with van der Waals surface area (Å²) in [4.78, 5) is 15.7. The molecule has 0 amide bonds. The third-order valence-electron chi connectivity index (χ3n) is 1.42. The lowest BCUT2D eigenvalue weighted by Crippen LogP contribution is -2.08. The molecule has 1 rings (SSSR count). The summed E-state index contributed by atoms with van der Waals surface area (Å²) >= 11 is 0. The van der Waals surface area contributed by atoms with Gasteiger partial charge in [0, 0.05) is 0 Å². The molecule has 13 heavy (non-hydrogen) atoms. The molecule has 2 N–H and O–H groups in total. The Kier molecular flexibility index (Phi) is 3.05. The zero-order valence-electron chi connectivity index (χ0n) is 6.90. The Balaban J connectivity index is 2.98. The van der Waals surface area contributed by atoms with Gasteiger partial charge in [-0.25, -0.2) is 4.79 Å². The van der Waals surface area contributed by atoms with Gasteiger partial charge in [0.2, 0.25) is 0 Å². The van der Waals surface area contributed by atoms with Crippen LogP contribution in [-0.2, 0) is 4.74 Å². The van der Waals surface area contributed by atoms with E-state index in [4.69, 9.17) is 5.90 Å². The highest BCUT2D eigenvalue weighted by Gasteiger charge is 2.11. The lowest BCUT2D eigenvalue weighted by atomic mass is 10.2. The predicted octanol–water partition coefficient (Wildman–Crippen LogP) is 1.24. The van der Waals surface area contributed by atoms with Crippen LogP contribution in [0.2, 0.25) is 0 Å². The van der Waals surface area contributed by atoms with Crippen LogP contribution in [-0.4, -0.2) is 5.97 Å². The topological polar surface area (TPSA) is 61.5 Å². The Morgan fingerprint density at radius 3 is 2.77 bits per heavy atom. The van der Waals surface area contributed by atoms with Gasteiger partial charge in [-0.2, -0.15) is 5.90 Å². The van der Waals surface area contributed by atoms with E-state index in [0.717, 1.165) is 6.26 Å². The SMILES string of the molecule is C=COC(=O)c1ccccc1ON. The third-order valence-corrected chi connectivity index (χ3v) is 1.42.